The lowest BCUT2D eigenvalue weighted by Gasteiger charge is -2.01. The molecule has 2 heterocycles. The summed E-state index contributed by atoms with van der Waals surface area (Å²) in [5.41, 5.74) is 3.24. The summed E-state index contributed by atoms with van der Waals surface area (Å²) in [6.45, 7) is 1.93. The van der Waals surface area contributed by atoms with E-state index in [2.05, 4.69) is 26.6 Å². The molecule has 2 fully saturated rings. The lowest BCUT2D eigenvalue weighted by atomic mass is 10.1. The molecule has 1 atom stereocenters. The van der Waals surface area contributed by atoms with Crippen LogP contribution in [-0.4, -0.2) is 21.1 Å². The number of hydrogen-bond acceptors (Lipinski definition) is 5. The third-order valence-corrected chi connectivity index (χ3v) is 6.09. The van der Waals surface area contributed by atoms with Gasteiger partial charge in [0, 0.05) is 17.5 Å². The van der Waals surface area contributed by atoms with Gasteiger partial charge in [-0.15, -0.1) is 0 Å². The Bertz CT molecular complexity index is 976. The molecule has 5 rings (SSSR count). The van der Waals surface area contributed by atoms with Crippen molar-refractivity contribution >= 4 is 33.3 Å². The summed E-state index contributed by atoms with van der Waals surface area (Å²) in [7, 11) is 0. The molecule has 5 nitrogen and oxygen atoms in total. The standard InChI is InChI=1S/C18H16N4OS/c1-10-6-12-7-11(2-3-14(12)22-21-10)15-9-19-17(24-15)20-16(23)13-8-18(13)4-5-18/h2-3,6-7,9,13H,4-5,8H2,1H3,(H,19,20,23). The average molecular weight is 336 g/mol. The number of carbonyl (C=O) groups excluding carboxylic acids is 1. The molecule has 3 aromatic rings. The average Bonchev–Trinajstić information content (AvgIpc) is 3.47. The van der Waals surface area contributed by atoms with Gasteiger partial charge >= 0.3 is 0 Å². The first kappa shape index (κ1) is 14.0. The van der Waals surface area contributed by atoms with Gasteiger partial charge in [0.25, 0.3) is 0 Å². The number of rotatable bonds is 3. The number of aryl methyl sites for hydroxylation is 1. The first-order valence-electron chi connectivity index (χ1n) is 8.14. The van der Waals surface area contributed by atoms with Crippen LogP contribution in [0.15, 0.2) is 30.5 Å². The maximum atomic E-state index is 12.2. The fourth-order valence-corrected chi connectivity index (χ4v) is 4.21. The highest BCUT2D eigenvalue weighted by Crippen LogP contribution is 2.70. The van der Waals surface area contributed by atoms with Crippen LogP contribution in [0.1, 0.15) is 25.0 Å². The van der Waals surface area contributed by atoms with E-state index in [1.807, 2.05) is 31.3 Å². The van der Waals surface area contributed by atoms with Gasteiger partial charge in [0.2, 0.25) is 5.91 Å². The Kier molecular flexibility index (Phi) is 2.83. The van der Waals surface area contributed by atoms with Crippen molar-refractivity contribution in [3.8, 4) is 10.4 Å². The van der Waals surface area contributed by atoms with Gasteiger partial charge in [-0.2, -0.15) is 10.2 Å². The van der Waals surface area contributed by atoms with Crippen LogP contribution in [0.5, 0.6) is 0 Å². The molecule has 2 saturated carbocycles. The van der Waals surface area contributed by atoms with Gasteiger partial charge in [0.1, 0.15) is 0 Å². The van der Waals surface area contributed by atoms with E-state index in [4.69, 9.17) is 0 Å². The van der Waals surface area contributed by atoms with Crippen molar-refractivity contribution in [2.45, 2.75) is 26.2 Å². The molecular formula is C18H16N4OS. The quantitative estimate of drug-likeness (QED) is 0.790. The van der Waals surface area contributed by atoms with Crippen molar-refractivity contribution < 1.29 is 4.79 Å². The highest BCUT2D eigenvalue weighted by molar-refractivity contribution is 7.19. The van der Waals surface area contributed by atoms with Gasteiger partial charge in [-0.3, -0.25) is 4.79 Å². The molecule has 1 N–H and O–H groups in total. The highest BCUT2D eigenvalue weighted by Gasteiger charge is 2.65. The van der Waals surface area contributed by atoms with Crippen LogP contribution in [0.2, 0.25) is 0 Å². The second-order valence-electron chi connectivity index (χ2n) is 6.90. The number of fused-ring (bicyclic) bond motifs is 1. The van der Waals surface area contributed by atoms with Crippen LogP contribution in [-0.2, 0) is 4.79 Å². The first-order chi connectivity index (χ1) is 11.6. The van der Waals surface area contributed by atoms with Gasteiger partial charge in [-0.1, -0.05) is 17.4 Å². The van der Waals surface area contributed by atoms with Gasteiger partial charge in [0.15, 0.2) is 5.13 Å². The summed E-state index contributed by atoms with van der Waals surface area (Å²) in [5, 5.41) is 13.0. The number of benzene rings is 1. The van der Waals surface area contributed by atoms with Crippen molar-refractivity contribution in [3.63, 3.8) is 0 Å². The van der Waals surface area contributed by atoms with E-state index < -0.39 is 0 Å². The van der Waals surface area contributed by atoms with Gasteiger partial charge < -0.3 is 5.32 Å². The van der Waals surface area contributed by atoms with Crippen LogP contribution >= 0.6 is 11.3 Å². The smallest absolute Gasteiger partial charge is 0.229 e. The molecule has 6 heteroatoms. The second-order valence-corrected chi connectivity index (χ2v) is 7.93. The minimum absolute atomic E-state index is 0.137. The Morgan fingerprint density at radius 1 is 1.29 bits per heavy atom. The maximum Gasteiger partial charge on any atom is 0.229 e. The number of nitrogens with zero attached hydrogens (tertiary/aromatic N) is 3. The molecule has 0 bridgehead atoms. The zero-order valence-electron chi connectivity index (χ0n) is 13.2. The van der Waals surface area contributed by atoms with Crippen LogP contribution in [0.25, 0.3) is 21.3 Å². The van der Waals surface area contributed by atoms with Gasteiger partial charge in [0.05, 0.1) is 16.1 Å². The van der Waals surface area contributed by atoms with E-state index in [1.54, 1.807) is 0 Å². The predicted molar refractivity (Wildman–Crippen MR) is 93.8 cm³/mol. The third kappa shape index (κ3) is 2.29. The number of hydrogen-bond donors (Lipinski definition) is 1. The molecule has 120 valence electrons. The predicted octanol–water partition coefficient (Wildman–Crippen LogP) is 3.80. The lowest BCUT2D eigenvalue weighted by molar-refractivity contribution is -0.117. The molecule has 1 unspecified atom stereocenters. The fourth-order valence-electron chi connectivity index (χ4n) is 3.39. The zero-order valence-corrected chi connectivity index (χ0v) is 14.1. The summed E-state index contributed by atoms with van der Waals surface area (Å²) in [6, 6.07) is 8.11. The van der Waals surface area contributed by atoms with Crippen molar-refractivity contribution in [2.24, 2.45) is 11.3 Å². The second kappa shape index (κ2) is 4.83. The topological polar surface area (TPSA) is 67.8 Å². The molecule has 1 spiro atoms. The van der Waals surface area contributed by atoms with Crippen LogP contribution < -0.4 is 5.32 Å². The number of amides is 1. The molecule has 0 aliphatic heterocycles. The molecule has 2 aliphatic rings. The summed E-state index contributed by atoms with van der Waals surface area (Å²) < 4.78 is 0. The molecule has 2 aliphatic carbocycles. The normalized spacial score (nSPS) is 20.3. The Balaban J connectivity index is 1.39. The number of carbonyl (C=O) groups is 1. The Morgan fingerprint density at radius 3 is 2.96 bits per heavy atom. The molecule has 2 aromatic heterocycles. The van der Waals surface area contributed by atoms with E-state index in [0.717, 1.165) is 33.5 Å². The monoisotopic (exact) mass is 336 g/mol. The third-order valence-electron chi connectivity index (χ3n) is 5.13. The van der Waals surface area contributed by atoms with Crippen molar-refractivity contribution in [1.29, 1.82) is 0 Å². The molecule has 0 saturated heterocycles. The Morgan fingerprint density at radius 2 is 2.17 bits per heavy atom. The van der Waals surface area contributed by atoms with E-state index in [0.29, 0.717) is 10.5 Å². The van der Waals surface area contributed by atoms with Crippen LogP contribution in [0.4, 0.5) is 5.13 Å². The number of aromatic nitrogens is 3. The minimum atomic E-state index is 0.137. The van der Waals surface area contributed by atoms with Crippen molar-refractivity contribution in [2.75, 3.05) is 5.32 Å². The lowest BCUT2D eigenvalue weighted by Crippen LogP contribution is -2.14. The van der Waals surface area contributed by atoms with Crippen molar-refractivity contribution in [1.82, 2.24) is 15.2 Å². The van der Waals surface area contributed by atoms with Crippen LogP contribution in [0, 0.1) is 18.3 Å². The number of thiazole rings is 1. The summed E-state index contributed by atoms with van der Waals surface area (Å²) in [4.78, 5) is 17.6. The SMILES string of the molecule is Cc1cc2cc(-c3cnc(NC(=O)C4CC45CC5)s3)ccc2nn1. The maximum absolute atomic E-state index is 12.2. The van der Waals surface area contributed by atoms with E-state index in [9.17, 15) is 4.79 Å². The van der Waals surface area contributed by atoms with E-state index in [1.165, 1.54) is 24.2 Å². The Hall–Kier alpha value is -2.34. The minimum Gasteiger partial charge on any atom is -0.302 e. The van der Waals surface area contributed by atoms with E-state index >= 15 is 0 Å². The molecule has 0 radical (unpaired) electrons. The largest absolute Gasteiger partial charge is 0.302 e. The molecule has 1 aromatic carbocycles. The highest BCUT2D eigenvalue weighted by atomic mass is 32.1. The fraction of sp³-hybridized carbons (Fsp3) is 0.333. The number of anilines is 1. The first-order valence-corrected chi connectivity index (χ1v) is 8.96. The number of nitrogens with one attached hydrogen (secondary N) is 1. The molecule has 1 amide bonds. The summed E-state index contributed by atoms with van der Waals surface area (Å²) >= 11 is 1.51. The van der Waals surface area contributed by atoms with Gasteiger partial charge in [-0.05, 0) is 55.4 Å². The van der Waals surface area contributed by atoms with Crippen LogP contribution in [0.3, 0.4) is 0 Å². The zero-order chi connectivity index (χ0) is 16.3. The molecular weight excluding hydrogens is 320 g/mol. The Labute approximate surface area is 143 Å². The van der Waals surface area contributed by atoms with E-state index in [-0.39, 0.29) is 11.8 Å². The summed E-state index contributed by atoms with van der Waals surface area (Å²) in [6.07, 6.45) is 5.31. The van der Waals surface area contributed by atoms with Gasteiger partial charge in [-0.25, -0.2) is 4.98 Å². The molecule has 24 heavy (non-hydrogen) atoms. The van der Waals surface area contributed by atoms with Crippen molar-refractivity contribution in [3.05, 3.63) is 36.2 Å². The summed E-state index contributed by atoms with van der Waals surface area (Å²) in [5.74, 6) is 0.352.